The van der Waals surface area contributed by atoms with Gasteiger partial charge in [-0.15, -0.1) is 0 Å². The van der Waals surface area contributed by atoms with E-state index in [0.29, 0.717) is 6.54 Å². The van der Waals surface area contributed by atoms with Crippen LogP contribution < -0.4 is 4.72 Å². The van der Waals surface area contributed by atoms with Crippen molar-refractivity contribution in [2.24, 2.45) is 0 Å². The van der Waals surface area contributed by atoms with E-state index < -0.39 is 10.0 Å². The van der Waals surface area contributed by atoms with Crippen LogP contribution in [0.1, 0.15) is 6.92 Å². The highest BCUT2D eigenvalue weighted by atomic mass is 32.2. The zero-order valence-electron chi connectivity index (χ0n) is 5.29. The van der Waals surface area contributed by atoms with Crippen LogP contribution in [0.5, 0.6) is 0 Å². The van der Waals surface area contributed by atoms with Crippen molar-refractivity contribution in [1.29, 1.82) is 0 Å². The lowest BCUT2D eigenvalue weighted by molar-refractivity contribution is 0.319. The average Bonchev–Trinajstić information content (AvgIpc) is 1.64. The third kappa shape index (κ3) is 4.38. The fourth-order valence-electron chi connectivity index (χ4n) is 0.412. The average molecular weight is 153 g/mol. The van der Waals surface area contributed by atoms with Gasteiger partial charge in [-0.3, -0.25) is 0 Å². The number of hydrogen-bond donors (Lipinski definition) is 2. The highest BCUT2D eigenvalue weighted by Crippen LogP contribution is 1.79. The van der Waals surface area contributed by atoms with Gasteiger partial charge in [0.05, 0.1) is 12.4 Å². The Morgan fingerprint density at radius 3 is 2.44 bits per heavy atom. The van der Waals surface area contributed by atoms with E-state index in [1.807, 2.05) is 0 Å². The van der Waals surface area contributed by atoms with Gasteiger partial charge in [0.1, 0.15) is 0 Å². The molecule has 0 amide bonds. The van der Waals surface area contributed by atoms with Crippen LogP contribution in [0.2, 0.25) is 0 Å². The zero-order chi connectivity index (χ0) is 7.33. The standard InChI is InChI=1S/C4H11NO3S/c1-2-5-9(7,8)4-3-6/h5-6H,2-4H2,1H3. The van der Waals surface area contributed by atoms with Gasteiger partial charge >= 0.3 is 0 Å². The van der Waals surface area contributed by atoms with E-state index in [4.69, 9.17) is 5.11 Å². The van der Waals surface area contributed by atoms with Gasteiger partial charge in [-0.1, -0.05) is 6.92 Å². The van der Waals surface area contributed by atoms with Gasteiger partial charge in [0.15, 0.2) is 0 Å². The first-order chi connectivity index (χ1) is 4.12. The first-order valence-corrected chi connectivity index (χ1v) is 4.36. The van der Waals surface area contributed by atoms with E-state index in [2.05, 4.69) is 4.72 Å². The molecule has 2 N–H and O–H groups in total. The predicted molar refractivity (Wildman–Crippen MR) is 34.5 cm³/mol. The van der Waals surface area contributed by atoms with E-state index in [0.717, 1.165) is 0 Å². The summed E-state index contributed by atoms with van der Waals surface area (Å²) in [5.41, 5.74) is 0. The zero-order valence-corrected chi connectivity index (χ0v) is 6.11. The molecule has 9 heavy (non-hydrogen) atoms. The van der Waals surface area contributed by atoms with Gasteiger partial charge in [-0.05, 0) is 0 Å². The third-order valence-corrected chi connectivity index (χ3v) is 2.17. The van der Waals surface area contributed by atoms with E-state index in [-0.39, 0.29) is 12.4 Å². The Bertz CT molecular complexity index is 139. The van der Waals surface area contributed by atoms with Crippen LogP contribution in [-0.4, -0.2) is 32.4 Å². The molecule has 0 aliphatic heterocycles. The maximum atomic E-state index is 10.6. The maximum Gasteiger partial charge on any atom is 0.213 e. The van der Waals surface area contributed by atoms with E-state index in [1.165, 1.54) is 0 Å². The summed E-state index contributed by atoms with van der Waals surface area (Å²) >= 11 is 0. The van der Waals surface area contributed by atoms with Crippen LogP contribution in [0, 0.1) is 0 Å². The number of hydrogen-bond acceptors (Lipinski definition) is 3. The Labute approximate surface area is 54.9 Å². The quantitative estimate of drug-likeness (QED) is 0.540. The Morgan fingerprint density at radius 2 is 2.11 bits per heavy atom. The molecule has 0 aromatic heterocycles. The minimum Gasteiger partial charge on any atom is -0.395 e. The number of aliphatic hydroxyl groups is 1. The minimum atomic E-state index is -3.18. The summed E-state index contributed by atoms with van der Waals surface area (Å²) in [6, 6.07) is 0. The summed E-state index contributed by atoms with van der Waals surface area (Å²) in [6.07, 6.45) is 0. The third-order valence-electron chi connectivity index (χ3n) is 0.724. The molecule has 0 radical (unpaired) electrons. The van der Waals surface area contributed by atoms with Gasteiger partial charge in [0.2, 0.25) is 10.0 Å². The molecule has 0 aliphatic carbocycles. The molecule has 0 atom stereocenters. The molecule has 0 unspecified atom stereocenters. The van der Waals surface area contributed by atoms with Gasteiger partial charge in [-0.2, -0.15) is 0 Å². The summed E-state index contributed by atoms with van der Waals surface area (Å²) in [7, 11) is -3.18. The molecular weight excluding hydrogens is 142 g/mol. The Balaban J connectivity index is 3.73. The summed E-state index contributed by atoms with van der Waals surface area (Å²) < 4.78 is 23.4. The van der Waals surface area contributed by atoms with Crippen LogP contribution in [0.4, 0.5) is 0 Å². The van der Waals surface area contributed by atoms with Crippen molar-refractivity contribution in [1.82, 2.24) is 4.72 Å². The van der Waals surface area contributed by atoms with E-state index in [9.17, 15) is 8.42 Å². The monoisotopic (exact) mass is 153 g/mol. The summed E-state index contributed by atoms with van der Waals surface area (Å²) in [5.74, 6) is -0.208. The second kappa shape index (κ2) is 3.81. The molecule has 4 nitrogen and oxygen atoms in total. The Hall–Kier alpha value is -0.130. The minimum absolute atomic E-state index is 0.208. The maximum absolute atomic E-state index is 10.6. The second-order valence-corrected chi connectivity index (χ2v) is 3.47. The van der Waals surface area contributed by atoms with Gasteiger partial charge < -0.3 is 5.11 Å². The van der Waals surface area contributed by atoms with E-state index >= 15 is 0 Å². The second-order valence-electron chi connectivity index (χ2n) is 1.54. The van der Waals surface area contributed by atoms with Crippen molar-refractivity contribution in [2.75, 3.05) is 18.9 Å². The predicted octanol–water partition coefficient (Wildman–Crippen LogP) is -1.08. The number of aliphatic hydroxyl groups excluding tert-OH is 1. The number of sulfonamides is 1. The van der Waals surface area contributed by atoms with Crippen molar-refractivity contribution >= 4 is 10.0 Å². The lowest BCUT2D eigenvalue weighted by atomic mass is 10.8. The fourth-order valence-corrected chi connectivity index (χ4v) is 1.24. The normalized spacial score (nSPS) is 11.8. The molecule has 0 fully saturated rings. The van der Waals surface area contributed by atoms with Crippen molar-refractivity contribution in [3.63, 3.8) is 0 Å². The highest BCUT2D eigenvalue weighted by molar-refractivity contribution is 7.89. The first kappa shape index (κ1) is 8.87. The lowest BCUT2D eigenvalue weighted by Crippen LogP contribution is -2.27. The Kier molecular flexibility index (Phi) is 3.76. The molecule has 0 heterocycles. The molecule has 5 heteroatoms. The highest BCUT2D eigenvalue weighted by Gasteiger charge is 2.04. The van der Waals surface area contributed by atoms with Crippen molar-refractivity contribution in [2.45, 2.75) is 6.92 Å². The van der Waals surface area contributed by atoms with Crippen LogP contribution in [0.3, 0.4) is 0 Å². The molecule has 0 aromatic carbocycles. The molecule has 56 valence electrons. The molecular formula is C4H11NO3S. The van der Waals surface area contributed by atoms with E-state index in [1.54, 1.807) is 6.92 Å². The SMILES string of the molecule is CCNS(=O)(=O)CCO. The largest absolute Gasteiger partial charge is 0.395 e. The summed E-state index contributed by atoms with van der Waals surface area (Å²) in [5, 5.41) is 8.21. The number of rotatable bonds is 4. The molecule has 0 aliphatic rings. The van der Waals surface area contributed by atoms with Gasteiger partial charge in [-0.25, -0.2) is 13.1 Å². The van der Waals surface area contributed by atoms with Crippen LogP contribution in [0.15, 0.2) is 0 Å². The van der Waals surface area contributed by atoms with Crippen LogP contribution >= 0.6 is 0 Å². The summed E-state index contributed by atoms with van der Waals surface area (Å²) in [4.78, 5) is 0. The topological polar surface area (TPSA) is 66.4 Å². The number of nitrogens with one attached hydrogen (secondary N) is 1. The molecule has 0 spiro atoms. The molecule has 0 saturated carbocycles. The van der Waals surface area contributed by atoms with Crippen molar-refractivity contribution in [3.8, 4) is 0 Å². The Morgan fingerprint density at radius 1 is 1.56 bits per heavy atom. The molecule has 0 rings (SSSR count). The van der Waals surface area contributed by atoms with Crippen LogP contribution in [-0.2, 0) is 10.0 Å². The molecule has 0 bridgehead atoms. The molecule has 0 saturated heterocycles. The van der Waals surface area contributed by atoms with Gasteiger partial charge in [0, 0.05) is 6.54 Å². The summed E-state index contributed by atoms with van der Waals surface area (Å²) in [6.45, 7) is 1.74. The van der Waals surface area contributed by atoms with Crippen molar-refractivity contribution < 1.29 is 13.5 Å². The molecule has 0 aromatic rings. The van der Waals surface area contributed by atoms with Crippen LogP contribution in [0.25, 0.3) is 0 Å². The fraction of sp³-hybridized carbons (Fsp3) is 1.00. The first-order valence-electron chi connectivity index (χ1n) is 2.70. The van der Waals surface area contributed by atoms with Crippen molar-refractivity contribution in [3.05, 3.63) is 0 Å². The van der Waals surface area contributed by atoms with Gasteiger partial charge in [0.25, 0.3) is 0 Å². The lowest BCUT2D eigenvalue weighted by Gasteiger charge is -1.99. The smallest absolute Gasteiger partial charge is 0.213 e.